The largest absolute Gasteiger partial charge is 0.508 e. The molecule has 0 aromatic heterocycles. The molecule has 0 spiro atoms. The number of rotatable bonds is 5. The van der Waals surface area contributed by atoms with E-state index < -0.39 is 34.4 Å². The Balaban J connectivity index is 2.18. The van der Waals surface area contributed by atoms with Crippen molar-refractivity contribution in [3.63, 3.8) is 0 Å². The Hall–Kier alpha value is -3.13. The van der Waals surface area contributed by atoms with Crippen LogP contribution in [0.3, 0.4) is 0 Å². The van der Waals surface area contributed by atoms with Gasteiger partial charge in [-0.05, 0) is 23.8 Å². The Morgan fingerprint density at radius 2 is 1.82 bits per heavy atom. The molecule has 1 saturated heterocycles. The highest BCUT2D eigenvalue weighted by atomic mass is 16.6. The Morgan fingerprint density at radius 1 is 1.18 bits per heavy atom. The van der Waals surface area contributed by atoms with Gasteiger partial charge in [-0.15, -0.1) is 0 Å². The van der Waals surface area contributed by atoms with Gasteiger partial charge in [-0.1, -0.05) is 30.3 Å². The molecule has 0 aliphatic carbocycles. The van der Waals surface area contributed by atoms with E-state index in [2.05, 4.69) is 5.32 Å². The number of phenolic OH excluding ortho intramolecular Hbond substituents is 1. The van der Waals surface area contributed by atoms with Gasteiger partial charge in [-0.25, -0.2) is 0 Å². The Kier molecular flexibility index (Phi) is 5.24. The molecule has 148 valence electrons. The fraction of sp³-hybridized carbons (Fsp3) is 0.350. The van der Waals surface area contributed by atoms with Gasteiger partial charge in [-0.2, -0.15) is 0 Å². The minimum atomic E-state index is -1.62. The molecule has 1 heterocycles. The Bertz CT molecular complexity index is 885. The molecule has 0 amide bonds. The maximum Gasteiger partial charge on any atom is 0.323 e. The van der Waals surface area contributed by atoms with Crippen LogP contribution in [-0.2, 0) is 9.53 Å². The van der Waals surface area contributed by atoms with Crippen LogP contribution in [-0.4, -0.2) is 41.8 Å². The van der Waals surface area contributed by atoms with E-state index in [4.69, 9.17) is 9.47 Å². The van der Waals surface area contributed by atoms with Gasteiger partial charge in [-0.3, -0.25) is 20.2 Å². The zero-order valence-electron chi connectivity index (χ0n) is 15.8. The number of ether oxygens (including phenoxy) is 2. The van der Waals surface area contributed by atoms with Crippen LogP contribution in [0, 0.1) is 10.1 Å². The van der Waals surface area contributed by atoms with Gasteiger partial charge < -0.3 is 14.6 Å². The standard InChI is InChI=1S/C20H22N2O6/c1-20(22(25)26)16(12-8-10-13(27-2)11-9-12)17(19(24)28-3)21-18(20)14-6-4-5-7-15(14)23/h4-11,16-18,21,23H,1-3H3. The Morgan fingerprint density at radius 3 is 2.36 bits per heavy atom. The lowest BCUT2D eigenvalue weighted by Crippen LogP contribution is -2.45. The van der Waals surface area contributed by atoms with Crippen molar-refractivity contribution in [1.29, 1.82) is 0 Å². The average Bonchev–Trinajstić information content (AvgIpc) is 3.02. The predicted molar refractivity (Wildman–Crippen MR) is 101 cm³/mol. The lowest BCUT2D eigenvalue weighted by Gasteiger charge is -2.29. The third kappa shape index (κ3) is 3.05. The number of nitrogens with one attached hydrogen (secondary N) is 1. The second-order valence-electron chi connectivity index (χ2n) is 6.89. The number of para-hydroxylation sites is 1. The molecule has 8 heteroatoms. The zero-order chi connectivity index (χ0) is 20.5. The molecule has 1 fully saturated rings. The fourth-order valence-corrected chi connectivity index (χ4v) is 3.99. The predicted octanol–water partition coefficient (Wildman–Crippen LogP) is 2.41. The zero-order valence-corrected chi connectivity index (χ0v) is 15.8. The van der Waals surface area contributed by atoms with E-state index >= 15 is 0 Å². The second-order valence-corrected chi connectivity index (χ2v) is 6.89. The summed E-state index contributed by atoms with van der Waals surface area (Å²) in [5.41, 5.74) is -0.667. The number of aromatic hydroxyl groups is 1. The molecule has 4 unspecified atom stereocenters. The van der Waals surface area contributed by atoms with Gasteiger partial charge in [0.2, 0.25) is 5.54 Å². The third-order valence-corrected chi connectivity index (χ3v) is 5.46. The Labute approximate surface area is 162 Å². The van der Waals surface area contributed by atoms with E-state index in [1.54, 1.807) is 42.5 Å². The summed E-state index contributed by atoms with van der Waals surface area (Å²) < 4.78 is 10.1. The highest BCUT2D eigenvalue weighted by Crippen LogP contribution is 2.50. The summed E-state index contributed by atoms with van der Waals surface area (Å²) in [6.07, 6.45) is 0. The molecule has 2 N–H and O–H groups in total. The van der Waals surface area contributed by atoms with E-state index in [-0.39, 0.29) is 5.75 Å². The number of nitro groups is 1. The van der Waals surface area contributed by atoms with E-state index in [0.29, 0.717) is 16.9 Å². The van der Waals surface area contributed by atoms with Crippen LogP contribution in [0.25, 0.3) is 0 Å². The second kappa shape index (κ2) is 7.47. The molecule has 4 atom stereocenters. The molecule has 3 rings (SSSR count). The number of phenols is 1. The van der Waals surface area contributed by atoms with E-state index in [9.17, 15) is 20.0 Å². The summed E-state index contributed by atoms with van der Waals surface area (Å²) in [5, 5.41) is 25.6. The van der Waals surface area contributed by atoms with Crippen LogP contribution in [0.1, 0.15) is 30.0 Å². The summed E-state index contributed by atoms with van der Waals surface area (Å²) in [6, 6.07) is 11.3. The number of carbonyl (C=O) groups is 1. The van der Waals surface area contributed by atoms with Crippen molar-refractivity contribution in [3.05, 3.63) is 69.8 Å². The highest BCUT2D eigenvalue weighted by molar-refractivity contribution is 5.78. The molecule has 0 bridgehead atoms. The molecule has 2 aromatic carbocycles. The van der Waals surface area contributed by atoms with Gasteiger partial charge in [0.25, 0.3) is 0 Å². The monoisotopic (exact) mass is 386 g/mol. The summed E-state index contributed by atoms with van der Waals surface area (Å²) >= 11 is 0. The lowest BCUT2D eigenvalue weighted by molar-refractivity contribution is -0.571. The number of hydrogen-bond acceptors (Lipinski definition) is 7. The lowest BCUT2D eigenvalue weighted by atomic mass is 9.75. The van der Waals surface area contributed by atoms with Gasteiger partial charge in [0.15, 0.2) is 0 Å². The number of hydrogen-bond donors (Lipinski definition) is 2. The molecule has 0 saturated carbocycles. The summed E-state index contributed by atoms with van der Waals surface area (Å²) in [7, 11) is 2.77. The van der Waals surface area contributed by atoms with Crippen LogP contribution >= 0.6 is 0 Å². The molecule has 0 radical (unpaired) electrons. The van der Waals surface area contributed by atoms with Gasteiger partial charge in [0.05, 0.1) is 20.1 Å². The molecule has 8 nitrogen and oxygen atoms in total. The van der Waals surface area contributed by atoms with Crippen molar-refractivity contribution < 1.29 is 24.3 Å². The highest BCUT2D eigenvalue weighted by Gasteiger charge is 2.64. The van der Waals surface area contributed by atoms with Crippen molar-refractivity contribution in [2.45, 2.75) is 30.5 Å². The van der Waals surface area contributed by atoms with Crippen molar-refractivity contribution in [2.24, 2.45) is 0 Å². The van der Waals surface area contributed by atoms with Gasteiger partial charge in [0, 0.05) is 17.4 Å². The topological polar surface area (TPSA) is 111 Å². The quantitative estimate of drug-likeness (QED) is 0.461. The van der Waals surface area contributed by atoms with Gasteiger partial charge >= 0.3 is 5.97 Å². The smallest absolute Gasteiger partial charge is 0.323 e. The molecular weight excluding hydrogens is 364 g/mol. The van der Waals surface area contributed by atoms with Crippen LogP contribution < -0.4 is 10.1 Å². The first-order valence-electron chi connectivity index (χ1n) is 8.74. The summed E-state index contributed by atoms with van der Waals surface area (Å²) in [6.45, 7) is 1.48. The normalized spacial score (nSPS) is 26.6. The average molecular weight is 386 g/mol. The first-order valence-corrected chi connectivity index (χ1v) is 8.74. The summed E-state index contributed by atoms with van der Waals surface area (Å²) in [4.78, 5) is 24.4. The maximum atomic E-state index is 12.5. The molecule has 1 aliphatic rings. The molecular formula is C20H22N2O6. The fourth-order valence-electron chi connectivity index (χ4n) is 3.99. The molecule has 2 aromatic rings. The summed E-state index contributed by atoms with van der Waals surface area (Å²) in [5.74, 6) is -0.909. The van der Waals surface area contributed by atoms with Crippen LogP contribution in [0.2, 0.25) is 0 Å². The van der Waals surface area contributed by atoms with E-state index in [0.717, 1.165) is 0 Å². The minimum Gasteiger partial charge on any atom is -0.508 e. The van der Waals surface area contributed by atoms with Crippen molar-refractivity contribution >= 4 is 5.97 Å². The number of benzene rings is 2. The third-order valence-electron chi connectivity index (χ3n) is 5.46. The number of methoxy groups -OCH3 is 2. The maximum absolute atomic E-state index is 12.5. The minimum absolute atomic E-state index is 0.0768. The number of esters is 1. The first-order chi connectivity index (χ1) is 13.3. The number of carbonyl (C=O) groups excluding carboxylic acids is 1. The number of nitrogens with zero attached hydrogens (tertiary/aromatic N) is 1. The first kappa shape index (κ1) is 19.6. The van der Waals surface area contributed by atoms with Crippen molar-refractivity contribution in [1.82, 2.24) is 5.32 Å². The van der Waals surface area contributed by atoms with E-state index in [1.165, 1.54) is 27.2 Å². The van der Waals surface area contributed by atoms with Crippen molar-refractivity contribution in [2.75, 3.05) is 14.2 Å². The van der Waals surface area contributed by atoms with Crippen molar-refractivity contribution in [3.8, 4) is 11.5 Å². The molecule has 1 aliphatic heterocycles. The SMILES string of the molecule is COC(=O)C1NC(c2ccccc2O)C(C)([N+](=O)[O-])C1c1ccc(OC)cc1. The molecule has 28 heavy (non-hydrogen) atoms. The van der Waals surface area contributed by atoms with Gasteiger partial charge in [0.1, 0.15) is 23.6 Å². The van der Waals surface area contributed by atoms with E-state index in [1.807, 2.05) is 0 Å². The van der Waals surface area contributed by atoms with Crippen LogP contribution in [0.5, 0.6) is 11.5 Å². The van der Waals surface area contributed by atoms with Crippen LogP contribution in [0.4, 0.5) is 0 Å². The van der Waals surface area contributed by atoms with Crippen LogP contribution in [0.15, 0.2) is 48.5 Å².